The number of rotatable bonds is 7. The molecule has 0 aromatic heterocycles. The molecule has 1 unspecified atom stereocenters. The molecule has 0 aliphatic carbocycles. The first-order valence-corrected chi connectivity index (χ1v) is 5.17. The summed E-state index contributed by atoms with van der Waals surface area (Å²) in [5.74, 6) is 0. The molecule has 0 bridgehead atoms. The maximum Gasteiger partial charge on any atom is 0.0244 e. The van der Waals surface area contributed by atoms with Gasteiger partial charge in [0.2, 0.25) is 0 Å². The normalized spacial score (nSPS) is 13.9. The van der Waals surface area contributed by atoms with Crippen LogP contribution in [0.15, 0.2) is 12.2 Å². The Labute approximate surface area is 77.0 Å². The Morgan fingerprint density at radius 1 is 1.17 bits per heavy atom. The highest BCUT2D eigenvalue weighted by Crippen LogP contribution is 2.02. The summed E-state index contributed by atoms with van der Waals surface area (Å²) in [6.07, 6.45) is 11.4. The van der Waals surface area contributed by atoms with Gasteiger partial charge >= 0.3 is 0 Å². The first kappa shape index (κ1) is 11.7. The van der Waals surface area contributed by atoms with Crippen LogP contribution in [0.5, 0.6) is 0 Å². The van der Waals surface area contributed by atoms with Gasteiger partial charge in [0, 0.05) is 6.04 Å². The van der Waals surface area contributed by atoms with Crippen molar-refractivity contribution in [3.63, 3.8) is 0 Å². The zero-order chi connectivity index (χ0) is 9.23. The molecule has 0 rings (SSSR count). The molecule has 0 fully saturated rings. The molecule has 0 aliphatic heterocycles. The second-order valence-corrected chi connectivity index (χ2v) is 3.31. The molecule has 1 heteroatoms. The number of unbranched alkanes of at least 4 members (excludes halogenated alkanes) is 3. The van der Waals surface area contributed by atoms with Crippen molar-refractivity contribution in [1.82, 2.24) is 5.73 Å². The maximum atomic E-state index is 7.49. The standard InChI is InChI=1S/C11H22N/c1-3-5-6-7-8-9-10-11(12)4-2/h8-9,11-12H,3-7,10H2,1-2H3. The van der Waals surface area contributed by atoms with Gasteiger partial charge < -0.3 is 0 Å². The van der Waals surface area contributed by atoms with Crippen molar-refractivity contribution < 1.29 is 0 Å². The molecule has 1 radical (unpaired) electrons. The second-order valence-electron chi connectivity index (χ2n) is 3.31. The van der Waals surface area contributed by atoms with Crippen LogP contribution in [0.1, 0.15) is 52.4 Å². The fourth-order valence-electron chi connectivity index (χ4n) is 1.06. The smallest absolute Gasteiger partial charge is 0.0244 e. The molecule has 0 aromatic rings. The summed E-state index contributed by atoms with van der Waals surface area (Å²) >= 11 is 0. The quantitative estimate of drug-likeness (QED) is 0.410. The van der Waals surface area contributed by atoms with Gasteiger partial charge in [-0.25, -0.2) is 0 Å². The largest absolute Gasteiger partial charge is 0.254 e. The predicted octanol–water partition coefficient (Wildman–Crippen LogP) is 3.57. The van der Waals surface area contributed by atoms with Gasteiger partial charge in [-0.05, 0) is 25.7 Å². The van der Waals surface area contributed by atoms with Gasteiger partial charge in [0.15, 0.2) is 0 Å². The van der Waals surface area contributed by atoms with Crippen molar-refractivity contribution in [2.75, 3.05) is 0 Å². The summed E-state index contributed by atoms with van der Waals surface area (Å²) in [4.78, 5) is 0. The van der Waals surface area contributed by atoms with Crippen LogP contribution in [0.25, 0.3) is 0 Å². The van der Waals surface area contributed by atoms with Crippen LogP contribution in [-0.4, -0.2) is 6.04 Å². The Kier molecular flexibility index (Phi) is 8.57. The molecule has 0 aliphatic rings. The Hall–Kier alpha value is -0.300. The lowest BCUT2D eigenvalue weighted by Crippen LogP contribution is -2.04. The summed E-state index contributed by atoms with van der Waals surface area (Å²) in [6.45, 7) is 4.29. The monoisotopic (exact) mass is 168 g/mol. The van der Waals surface area contributed by atoms with E-state index in [0.29, 0.717) is 0 Å². The molecule has 1 atom stereocenters. The van der Waals surface area contributed by atoms with Gasteiger partial charge in [-0.15, -0.1) is 0 Å². The third-order valence-corrected chi connectivity index (χ3v) is 2.05. The van der Waals surface area contributed by atoms with Crippen molar-refractivity contribution in [3.05, 3.63) is 12.2 Å². The highest BCUT2D eigenvalue weighted by Gasteiger charge is 1.93. The average Bonchev–Trinajstić information content (AvgIpc) is 2.10. The Balaban J connectivity index is 3.13. The highest BCUT2D eigenvalue weighted by atomic mass is 14.6. The van der Waals surface area contributed by atoms with Crippen LogP contribution >= 0.6 is 0 Å². The molecule has 71 valence electrons. The van der Waals surface area contributed by atoms with Crippen LogP contribution in [0.4, 0.5) is 0 Å². The zero-order valence-electron chi connectivity index (χ0n) is 8.47. The first-order valence-electron chi connectivity index (χ1n) is 5.17. The van der Waals surface area contributed by atoms with Gasteiger partial charge in [0.05, 0.1) is 0 Å². The highest BCUT2D eigenvalue weighted by molar-refractivity contribution is 4.84. The summed E-state index contributed by atoms with van der Waals surface area (Å²) in [5, 5.41) is 0. The molecule has 12 heavy (non-hydrogen) atoms. The molecule has 0 saturated heterocycles. The van der Waals surface area contributed by atoms with Gasteiger partial charge in [-0.3, -0.25) is 5.73 Å². The molecule has 0 spiro atoms. The van der Waals surface area contributed by atoms with Gasteiger partial charge in [0.1, 0.15) is 0 Å². The fraction of sp³-hybridized carbons (Fsp3) is 0.818. The predicted molar refractivity (Wildman–Crippen MR) is 55.1 cm³/mol. The lowest BCUT2D eigenvalue weighted by molar-refractivity contribution is 0.637. The first-order chi connectivity index (χ1) is 5.81. The van der Waals surface area contributed by atoms with Crippen LogP contribution in [0, 0.1) is 0 Å². The van der Waals surface area contributed by atoms with E-state index in [4.69, 9.17) is 5.73 Å². The SMILES string of the molecule is CCCCCC=CCC([NH])CC. The Morgan fingerprint density at radius 3 is 2.50 bits per heavy atom. The molecular formula is C11H22N. The number of nitrogens with one attached hydrogen (secondary N) is 1. The van der Waals surface area contributed by atoms with E-state index in [1.807, 2.05) is 0 Å². The van der Waals surface area contributed by atoms with E-state index in [1.54, 1.807) is 0 Å². The van der Waals surface area contributed by atoms with Crippen molar-refractivity contribution in [2.45, 2.75) is 58.4 Å². The topological polar surface area (TPSA) is 23.8 Å². The molecule has 0 heterocycles. The summed E-state index contributed by atoms with van der Waals surface area (Å²) < 4.78 is 0. The number of allylic oxidation sites excluding steroid dienone is 1. The number of hydrogen-bond donors (Lipinski definition) is 0. The lowest BCUT2D eigenvalue weighted by Gasteiger charge is -2.01. The minimum atomic E-state index is 0.118. The van der Waals surface area contributed by atoms with E-state index in [0.717, 1.165) is 12.8 Å². The Morgan fingerprint density at radius 2 is 1.92 bits per heavy atom. The van der Waals surface area contributed by atoms with Gasteiger partial charge in [-0.2, -0.15) is 0 Å². The second kappa shape index (κ2) is 8.79. The number of hydrogen-bond acceptors (Lipinski definition) is 0. The molecule has 0 saturated carbocycles. The summed E-state index contributed by atoms with van der Waals surface area (Å²) in [6, 6.07) is 0.118. The van der Waals surface area contributed by atoms with Crippen molar-refractivity contribution in [2.24, 2.45) is 0 Å². The lowest BCUT2D eigenvalue weighted by atomic mass is 10.1. The third-order valence-electron chi connectivity index (χ3n) is 2.05. The van der Waals surface area contributed by atoms with Gasteiger partial charge in [0.25, 0.3) is 0 Å². The van der Waals surface area contributed by atoms with Crippen molar-refractivity contribution in [3.8, 4) is 0 Å². The summed E-state index contributed by atoms with van der Waals surface area (Å²) in [5.41, 5.74) is 7.49. The van der Waals surface area contributed by atoms with Crippen LogP contribution < -0.4 is 5.73 Å². The van der Waals surface area contributed by atoms with E-state index in [9.17, 15) is 0 Å². The van der Waals surface area contributed by atoms with Crippen LogP contribution in [0.2, 0.25) is 0 Å². The van der Waals surface area contributed by atoms with Crippen molar-refractivity contribution >= 4 is 0 Å². The molecule has 0 amide bonds. The van der Waals surface area contributed by atoms with E-state index in [1.165, 1.54) is 25.7 Å². The average molecular weight is 168 g/mol. The molecule has 1 nitrogen and oxygen atoms in total. The van der Waals surface area contributed by atoms with E-state index < -0.39 is 0 Å². The van der Waals surface area contributed by atoms with Crippen molar-refractivity contribution in [1.29, 1.82) is 0 Å². The zero-order valence-corrected chi connectivity index (χ0v) is 8.47. The minimum absolute atomic E-state index is 0.118. The Bertz CT molecular complexity index is 108. The van der Waals surface area contributed by atoms with Crippen LogP contribution in [-0.2, 0) is 0 Å². The molecular weight excluding hydrogens is 146 g/mol. The van der Waals surface area contributed by atoms with E-state index in [-0.39, 0.29) is 6.04 Å². The molecule has 1 N–H and O–H groups in total. The van der Waals surface area contributed by atoms with E-state index >= 15 is 0 Å². The fourth-order valence-corrected chi connectivity index (χ4v) is 1.06. The summed E-state index contributed by atoms with van der Waals surface area (Å²) in [7, 11) is 0. The maximum absolute atomic E-state index is 7.49. The van der Waals surface area contributed by atoms with Gasteiger partial charge in [-0.1, -0.05) is 38.8 Å². The third kappa shape index (κ3) is 7.80. The van der Waals surface area contributed by atoms with E-state index in [2.05, 4.69) is 26.0 Å². The molecule has 0 aromatic carbocycles. The van der Waals surface area contributed by atoms with Crippen LogP contribution in [0.3, 0.4) is 0 Å². The minimum Gasteiger partial charge on any atom is -0.254 e.